The molecule has 150 valence electrons. The number of imide groups is 1. The second kappa shape index (κ2) is 7.95. The van der Waals surface area contributed by atoms with Crippen molar-refractivity contribution in [3.8, 4) is 0 Å². The van der Waals surface area contributed by atoms with Gasteiger partial charge in [0.25, 0.3) is 11.6 Å². The zero-order chi connectivity index (χ0) is 20.3. The highest BCUT2D eigenvalue weighted by Crippen LogP contribution is 2.30. The number of nitro benzene ring substituents is 1. The van der Waals surface area contributed by atoms with Crippen molar-refractivity contribution in [2.24, 2.45) is 0 Å². The Morgan fingerprint density at radius 1 is 1.29 bits per heavy atom. The number of nitrogens with one attached hydrogen (secondary N) is 2. The zero-order valence-electron chi connectivity index (χ0n) is 15.8. The second-order valence-electron chi connectivity index (χ2n) is 7.51. The Bertz CT molecular complexity index is 803. The maximum absolute atomic E-state index is 12.9. The molecule has 1 heterocycles. The fourth-order valence-electron chi connectivity index (χ4n) is 3.81. The summed E-state index contributed by atoms with van der Waals surface area (Å²) >= 11 is 0. The van der Waals surface area contributed by atoms with Crippen molar-refractivity contribution < 1.29 is 19.3 Å². The minimum atomic E-state index is -1.45. The lowest BCUT2D eigenvalue weighted by atomic mass is 9.91. The molecule has 0 aromatic heterocycles. The van der Waals surface area contributed by atoms with Gasteiger partial charge in [-0.2, -0.15) is 0 Å². The number of hydrogen-bond acceptors (Lipinski definition) is 5. The lowest BCUT2D eigenvalue weighted by Gasteiger charge is -2.22. The molecule has 4 amide bonds. The first-order chi connectivity index (χ1) is 13.3. The van der Waals surface area contributed by atoms with E-state index in [9.17, 15) is 24.5 Å². The summed E-state index contributed by atoms with van der Waals surface area (Å²) in [5.41, 5.74) is -1.33. The van der Waals surface area contributed by atoms with Crippen LogP contribution in [-0.4, -0.2) is 40.3 Å². The lowest BCUT2D eigenvalue weighted by Crippen LogP contribution is -2.45. The third-order valence-corrected chi connectivity index (χ3v) is 5.43. The number of amides is 4. The molecular formula is C19H24N4O5. The van der Waals surface area contributed by atoms with E-state index in [2.05, 4.69) is 10.6 Å². The van der Waals surface area contributed by atoms with Gasteiger partial charge in [0.2, 0.25) is 5.91 Å². The molecule has 28 heavy (non-hydrogen) atoms. The molecule has 1 aliphatic heterocycles. The van der Waals surface area contributed by atoms with Crippen molar-refractivity contribution in [2.75, 3.05) is 6.54 Å². The minimum absolute atomic E-state index is 0.0684. The van der Waals surface area contributed by atoms with E-state index in [-0.39, 0.29) is 24.2 Å². The van der Waals surface area contributed by atoms with Crippen LogP contribution in [0, 0.1) is 10.1 Å². The Kier molecular flexibility index (Phi) is 5.62. The van der Waals surface area contributed by atoms with Crippen LogP contribution in [-0.2, 0) is 15.1 Å². The van der Waals surface area contributed by atoms with Gasteiger partial charge in [-0.1, -0.05) is 37.8 Å². The summed E-state index contributed by atoms with van der Waals surface area (Å²) in [5.74, 6) is -0.979. The molecule has 0 bridgehead atoms. The van der Waals surface area contributed by atoms with Gasteiger partial charge in [-0.25, -0.2) is 4.79 Å². The monoisotopic (exact) mass is 388 g/mol. The van der Waals surface area contributed by atoms with Gasteiger partial charge in [-0.05, 0) is 25.3 Å². The summed E-state index contributed by atoms with van der Waals surface area (Å²) in [6.07, 6.45) is 6.22. The fourth-order valence-corrected chi connectivity index (χ4v) is 3.81. The van der Waals surface area contributed by atoms with E-state index in [1.54, 1.807) is 6.07 Å². The molecule has 9 heteroatoms. The first kappa shape index (κ1) is 19.8. The Labute approximate surface area is 162 Å². The van der Waals surface area contributed by atoms with E-state index >= 15 is 0 Å². The summed E-state index contributed by atoms with van der Waals surface area (Å²) in [5, 5.41) is 16.5. The van der Waals surface area contributed by atoms with Crippen LogP contribution in [0.25, 0.3) is 0 Å². The SMILES string of the molecule is CC1(c2cccc([N+](=O)[O-])c2)NC(=O)N(CC(=O)NC2CCCCCC2)C1=O. The van der Waals surface area contributed by atoms with Gasteiger partial charge in [0.15, 0.2) is 0 Å². The maximum Gasteiger partial charge on any atom is 0.325 e. The predicted molar refractivity (Wildman–Crippen MR) is 100 cm³/mol. The number of nitro groups is 1. The lowest BCUT2D eigenvalue weighted by molar-refractivity contribution is -0.385. The van der Waals surface area contributed by atoms with Crippen LogP contribution >= 0.6 is 0 Å². The van der Waals surface area contributed by atoms with E-state index in [0.29, 0.717) is 5.56 Å². The molecule has 0 spiro atoms. The number of urea groups is 1. The molecule has 1 atom stereocenters. The summed E-state index contributed by atoms with van der Waals surface area (Å²) < 4.78 is 0. The zero-order valence-corrected chi connectivity index (χ0v) is 15.8. The predicted octanol–water partition coefficient (Wildman–Crippen LogP) is 2.20. The van der Waals surface area contributed by atoms with Gasteiger partial charge >= 0.3 is 6.03 Å². The molecule has 2 aliphatic rings. The molecule has 1 aliphatic carbocycles. The smallest absolute Gasteiger partial charge is 0.325 e. The summed E-state index contributed by atoms with van der Waals surface area (Å²) in [6, 6.07) is 4.95. The van der Waals surface area contributed by atoms with Crippen LogP contribution in [0.5, 0.6) is 0 Å². The summed E-state index contributed by atoms with van der Waals surface area (Å²) in [4.78, 5) is 49.0. The van der Waals surface area contributed by atoms with Crippen LogP contribution in [0.15, 0.2) is 24.3 Å². The molecule has 2 fully saturated rings. The standard InChI is InChI=1S/C19H24N4O5/c1-19(13-7-6-10-15(11-13)23(27)28)17(25)22(18(26)21-19)12-16(24)20-14-8-4-2-3-5-9-14/h6-7,10-11,14H,2-5,8-9,12H2,1H3,(H,20,24)(H,21,26). The Morgan fingerprint density at radius 2 is 1.96 bits per heavy atom. The van der Waals surface area contributed by atoms with E-state index in [4.69, 9.17) is 0 Å². The third kappa shape index (κ3) is 3.97. The highest BCUT2D eigenvalue weighted by atomic mass is 16.6. The van der Waals surface area contributed by atoms with Crippen LogP contribution in [0.3, 0.4) is 0 Å². The van der Waals surface area contributed by atoms with E-state index in [1.807, 2.05) is 0 Å². The highest BCUT2D eigenvalue weighted by molar-refractivity contribution is 6.09. The molecule has 2 N–H and O–H groups in total. The summed E-state index contributed by atoms with van der Waals surface area (Å²) in [6.45, 7) is 1.11. The molecule has 1 aromatic rings. The van der Waals surface area contributed by atoms with Crippen molar-refractivity contribution in [3.05, 3.63) is 39.9 Å². The van der Waals surface area contributed by atoms with Crippen LogP contribution < -0.4 is 10.6 Å². The Morgan fingerprint density at radius 3 is 2.61 bits per heavy atom. The highest BCUT2D eigenvalue weighted by Gasteiger charge is 2.49. The largest absolute Gasteiger partial charge is 0.352 e. The van der Waals surface area contributed by atoms with Crippen LogP contribution in [0.2, 0.25) is 0 Å². The maximum atomic E-state index is 12.9. The Hall–Kier alpha value is -2.97. The molecule has 1 saturated heterocycles. The molecular weight excluding hydrogens is 364 g/mol. The van der Waals surface area contributed by atoms with E-state index in [0.717, 1.165) is 43.4 Å². The number of non-ortho nitro benzene ring substituents is 1. The quantitative estimate of drug-likeness (QED) is 0.347. The number of carbonyl (C=O) groups is 3. The normalized spacial score (nSPS) is 23.2. The van der Waals surface area contributed by atoms with Crippen LogP contribution in [0.1, 0.15) is 51.0 Å². The molecule has 1 unspecified atom stereocenters. The molecule has 1 aromatic carbocycles. The van der Waals surface area contributed by atoms with Crippen molar-refractivity contribution in [2.45, 2.75) is 57.0 Å². The molecule has 3 rings (SSSR count). The summed E-state index contributed by atoms with van der Waals surface area (Å²) in [7, 11) is 0. The average molecular weight is 388 g/mol. The number of carbonyl (C=O) groups excluding carboxylic acids is 3. The Balaban J connectivity index is 1.71. The first-order valence-corrected chi connectivity index (χ1v) is 9.49. The minimum Gasteiger partial charge on any atom is -0.352 e. The van der Waals surface area contributed by atoms with Crippen LogP contribution in [0.4, 0.5) is 10.5 Å². The van der Waals surface area contributed by atoms with Gasteiger partial charge in [0, 0.05) is 18.2 Å². The van der Waals surface area contributed by atoms with Gasteiger partial charge in [-0.15, -0.1) is 0 Å². The van der Waals surface area contributed by atoms with Gasteiger partial charge in [0.1, 0.15) is 12.1 Å². The molecule has 0 radical (unpaired) electrons. The topological polar surface area (TPSA) is 122 Å². The van der Waals surface area contributed by atoms with Gasteiger partial charge in [0.05, 0.1) is 4.92 Å². The van der Waals surface area contributed by atoms with Crippen molar-refractivity contribution in [1.82, 2.24) is 15.5 Å². The van der Waals surface area contributed by atoms with Crippen molar-refractivity contribution >= 4 is 23.5 Å². The second-order valence-corrected chi connectivity index (χ2v) is 7.51. The number of nitrogens with zero attached hydrogens (tertiary/aromatic N) is 2. The van der Waals surface area contributed by atoms with E-state index < -0.39 is 22.4 Å². The fraction of sp³-hybridized carbons (Fsp3) is 0.526. The van der Waals surface area contributed by atoms with E-state index in [1.165, 1.54) is 25.1 Å². The number of benzene rings is 1. The van der Waals surface area contributed by atoms with Gasteiger partial charge < -0.3 is 10.6 Å². The number of rotatable bonds is 5. The first-order valence-electron chi connectivity index (χ1n) is 9.49. The molecule has 1 saturated carbocycles. The van der Waals surface area contributed by atoms with Crippen molar-refractivity contribution in [1.29, 1.82) is 0 Å². The number of hydrogen-bond donors (Lipinski definition) is 2. The van der Waals surface area contributed by atoms with Crippen molar-refractivity contribution in [3.63, 3.8) is 0 Å². The third-order valence-electron chi connectivity index (χ3n) is 5.43. The average Bonchev–Trinajstić information content (AvgIpc) is 2.85. The van der Waals surface area contributed by atoms with Gasteiger partial charge in [-0.3, -0.25) is 24.6 Å². The molecule has 9 nitrogen and oxygen atoms in total.